The van der Waals surface area contributed by atoms with Crippen molar-refractivity contribution in [2.45, 2.75) is 9.92 Å². The summed E-state index contributed by atoms with van der Waals surface area (Å²) < 4.78 is 5.37. The molecule has 0 aliphatic rings. The standard InChI is InChI=1S/C21H15N3O2S/c22-12-16-14-24-21(27-18-4-2-1-3-5-18)19(13-23)20(16)15-6-8-17(9-7-15)26-11-10-25/h1-9,14,25H,10-11H2. The second kappa shape index (κ2) is 8.86. The lowest BCUT2D eigenvalue weighted by atomic mass is 9.98. The summed E-state index contributed by atoms with van der Waals surface area (Å²) >= 11 is 1.39. The van der Waals surface area contributed by atoms with Crippen LogP contribution in [0.5, 0.6) is 5.75 Å². The van der Waals surface area contributed by atoms with Gasteiger partial charge in [0.05, 0.1) is 17.7 Å². The Bertz CT molecular complexity index is 1010. The Morgan fingerprint density at radius 2 is 1.74 bits per heavy atom. The Hall–Kier alpha value is -3.32. The van der Waals surface area contributed by atoms with Gasteiger partial charge < -0.3 is 9.84 Å². The molecule has 6 heteroatoms. The number of rotatable bonds is 6. The topological polar surface area (TPSA) is 89.9 Å². The SMILES string of the molecule is N#Cc1cnc(Sc2ccccc2)c(C#N)c1-c1ccc(OCCO)cc1. The quantitative estimate of drug-likeness (QED) is 0.702. The van der Waals surface area contributed by atoms with E-state index < -0.39 is 0 Å². The van der Waals surface area contributed by atoms with Gasteiger partial charge in [0.2, 0.25) is 0 Å². The Balaban J connectivity index is 2.04. The zero-order valence-corrected chi connectivity index (χ0v) is 15.1. The summed E-state index contributed by atoms with van der Waals surface area (Å²) in [5, 5.41) is 28.7. The molecule has 5 nitrogen and oxygen atoms in total. The fourth-order valence-corrected chi connectivity index (χ4v) is 3.41. The molecule has 3 rings (SSSR count). The molecule has 0 fully saturated rings. The molecule has 2 aromatic carbocycles. The molecule has 132 valence electrons. The van der Waals surface area contributed by atoms with Crippen molar-refractivity contribution in [2.24, 2.45) is 0 Å². The largest absolute Gasteiger partial charge is 0.491 e. The number of aliphatic hydroxyl groups is 1. The molecule has 27 heavy (non-hydrogen) atoms. The molecular formula is C21H15N3O2S. The highest BCUT2D eigenvalue weighted by Crippen LogP contribution is 2.36. The third-order valence-electron chi connectivity index (χ3n) is 3.74. The molecule has 0 spiro atoms. The number of ether oxygens (including phenoxy) is 1. The summed E-state index contributed by atoms with van der Waals surface area (Å²) in [5.74, 6) is 0.609. The fourth-order valence-electron chi connectivity index (χ4n) is 2.54. The van der Waals surface area contributed by atoms with E-state index in [1.807, 2.05) is 30.3 Å². The maximum atomic E-state index is 9.76. The van der Waals surface area contributed by atoms with Gasteiger partial charge in [-0.2, -0.15) is 10.5 Å². The highest BCUT2D eigenvalue weighted by atomic mass is 32.2. The molecule has 0 atom stereocenters. The number of hydrogen-bond acceptors (Lipinski definition) is 6. The van der Waals surface area contributed by atoms with Gasteiger partial charge in [0.25, 0.3) is 0 Å². The molecule has 0 saturated carbocycles. The molecule has 0 bridgehead atoms. The minimum absolute atomic E-state index is 0.0661. The van der Waals surface area contributed by atoms with Gasteiger partial charge in [-0.05, 0) is 29.8 Å². The number of hydrogen-bond donors (Lipinski definition) is 1. The van der Waals surface area contributed by atoms with Crippen molar-refractivity contribution in [3.05, 3.63) is 71.9 Å². The smallest absolute Gasteiger partial charge is 0.119 e. The van der Waals surface area contributed by atoms with Crippen LogP contribution in [0.1, 0.15) is 11.1 Å². The Labute approximate surface area is 161 Å². The zero-order valence-electron chi connectivity index (χ0n) is 14.3. The second-order valence-electron chi connectivity index (χ2n) is 5.46. The van der Waals surface area contributed by atoms with Gasteiger partial charge >= 0.3 is 0 Å². The van der Waals surface area contributed by atoms with Crippen molar-refractivity contribution in [3.8, 4) is 29.0 Å². The lowest BCUT2D eigenvalue weighted by Crippen LogP contribution is -2.01. The molecule has 1 heterocycles. The molecule has 0 radical (unpaired) electrons. The average molecular weight is 373 g/mol. The predicted octanol–water partition coefficient (Wildman–Crippen LogP) is 4.01. The van der Waals surface area contributed by atoms with Crippen molar-refractivity contribution < 1.29 is 9.84 Å². The summed E-state index contributed by atoms with van der Waals surface area (Å²) in [6.07, 6.45) is 1.50. The summed E-state index contributed by atoms with van der Waals surface area (Å²) in [6, 6.07) is 21.1. The molecular weight excluding hydrogens is 358 g/mol. The summed E-state index contributed by atoms with van der Waals surface area (Å²) in [6.45, 7) is 0.142. The van der Waals surface area contributed by atoms with Crippen LogP contribution in [0.4, 0.5) is 0 Å². The van der Waals surface area contributed by atoms with E-state index in [1.165, 1.54) is 18.0 Å². The van der Waals surface area contributed by atoms with Crippen molar-refractivity contribution in [1.82, 2.24) is 4.98 Å². The minimum atomic E-state index is -0.0661. The summed E-state index contributed by atoms with van der Waals surface area (Å²) in [4.78, 5) is 5.29. The molecule has 0 amide bonds. The number of nitriles is 2. The van der Waals surface area contributed by atoms with E-state index in [2.05, 4.69) is 17.1 Å². The third-order valence-corrected chi connectivity index (χ3v) is 4.75. The van der Waals surface area contributed by atoms with Crippen LogP contribution in [0.3, 0.4) is 0 Å². The van der Waals surface area contributed by atoms with Gasteiger partial charge in [0.1, 0.15) is 29.5 Å². The van der Waals surface area contributed by atoms with Crippen LogP contribution >= 0.6 is 11.8 Å². The first-order valence-corrected chi connectivity index (χ1v) is 8.98. The van der Waals surface area contributed by atoms with Crippen LogP contribution in [0.25, 0.3) is 11.1 Å². The highest BCUT2D eigenvalue weighted by molar-refractivity contribution is 7.99. The first kappa shape index (κ1) is 18.5. The predicted molar refractivity (Wildman–Crippen MR) is 102 cm³/mol. The van der Waals surface area contributed by atoms with E-state index in [0.717, 1.165) is 10.5 Å². The lowest BCUT2D eigenvalue weighted by Gasteiger charge is -2.11. The molecule has 0 aliphatic carbocycles. The fraction of sp³-hybridized carbons (Fsp3) is 0.0952. The first-order chi connectivity index (χ1) is 13.3. The maximum absolute atomic E-state index is 9.76. The van der Waals surface area contributed by atoms with E-state index in [-0.39, 0.29) is 13.2 Å². The van der Waals surface area contributed by atoms with Gasteiger partial charge in [0.15, 0.2) is 0 Å². The van der Waals surface area contributed by atoms with Crippen LogP contribution in [0.15, 0.2) is 70.7 Å². The van der Waals surface area contributed by atoms with E-state index >= 15 is 0 Å². The van der Waals surface area contributed by atoms with Gasteiger partial charge in [0, 0.05) is 16.7 Å². The summed E-state index contributed by atoms with van der Waals surface area (Å²) in [7, 11) is 0. The molecule has 3 aromatic rings. The van der Waals surface area contributed by atoms with Crippen molar-refractivity contribution in [1.29, 1.82) is 10.5 Å². The number of aromatic nitrogens is 1. The normalized spacial score (nSPS) is 10.0. The minimum Gasteiger partial charge on any atom is -0.491 e. The Morgan fingerprint density at radius 3 is 2.37 bits per heavy atom. The maximum Gasteiger partial charge on any atom is 0.119 e. The van der Waals surface area contributed by atoms with Crippen LogP contribution < -0.4 is 4.74 Å². The Kier molecular flexibility index (Phi) is 6.06. The van der Waals surface area contributed by atoms with Crippen molar-refractivity contribution in [2.75, 3.05) is 13.2 Å². The van der Waals surface area contributed by atoms with Gasteiger partial charge in [-0.25, -0.2) is 4.98 Å². The molecule has 1 aromatic heterocycles. The molecule has 0 saturated heterocycles. The number of nitrogens with zero attached hydrogens (tertiary/aromatic N) is 3. The monoisotopic (exact) mass is 373 g/mol. The van der Waals surface area contributed by atoms with Crippen LogP contribution in [-0.4, -0.2) is 23.3 Å². The van der Waals surface area contributed by atoms with E-state index in [4.69, 9.17) is 9.84 Å². The van der Waals surface area contributed by atoms with E-state index in [9.17, 15) is 10.5 Å². The van der Waals surface area contributed by atoms with Gasteiger partial charge in [-0.15, -0.1) is 0 Å². The van der Waals surface area contributed by atoms with Crippen molar-refractivity contribution >= 4 is 11.8 Å². The Morgan fingerprint density at radius 1 is 1.00 bits per heavy atom. The van der Waals surface area contributed by atoms with Crippen LogP contribution in [-0.2, 0) is 0 Å². The molecule has 1 N–H and O–H groups in total. The lowest BCUT2D eigenvalue weighted by molar-refractivity contribution is 0.201. The first-order valence-electron chi connectivity index (χ1n) is 8.17. The van der Waals surface area contributed by atoms with Crippen LogP contribution in [0, 0.1) is 22.7 Å². The van der Waals surface area contributed by atoms with Gasteiger partial charge in [-0.3, -0.25) is 0 Å². The van der Waals surface area contributed by atoms with E-state index in [0.29, 0.717) is 27.5 Å². The van der Waals surface area contributed by atoms with Crippen LogP contribution in [0.2, 0.25) is 0 Å². The molecule has 0 unspecified atom stereocenters. The van der Waals surface area contributed by atoms with Crippen molar-refractivity contribution in [3.63, 3.8) is 0 Å². The number of benzene rings is 2. The van der Waals surface area contributed by atoms with E-state index in [1.54, 1.807) is 24.3 Å². The number of pyridine rings is 1. The average Bonchev–Trinajstić information content (AvgIpc) is 2.73. The molecule has 0 aliphatic heterocycles. The zero-order chi connectivity index (χ0) is 19.1. The number of aliphatic hydroxyl groups excluding tert-OH is 1. The van der Waals surface area contributed by atoms with Gasteiger partial charge in [-0.1, -0.05) is 42.1 Å². The highest BCUT2D eigenvalue weighted by Gasteiger charge is 2.17. The second-order valence-corrected chi connectivity index (χ2v) is 6.52. The summed E-state index contributed by atoms with van der Waals surface area (Å²) in [5.41, 5.74) is 2.00. The third kappa shape index (κ3) is 4.27.